The zero-order valence-corrected chi connectivity index (χ0v) is 21.5. The summed E-state index contributed by atoms with van der Waals surface area (Å²) in [4.78, 5) is 19.3. The molecule has 1 saturated carbocycles. The van der Waals surface area contributed by atoms with Crippen molar-refractivity contribution in [1.82, 2.24) is 9.88 Å². The van der Waals surface area contributed by atoms with Crippen LogP contribution in [0.15, 0.2) is 30.3 Å². The molecular weight excluding hydrogens is 424 g/mol. The van der Waals surface area contributed by atoms with Gasteiger partial charge in [0.2, 0.25) is 0 Å². The molecule has 0 spiro atoms. The Morgan fingerprint density at radius 1 is 1.03 bits per heavy atom. The maximum Gasteiger partial charge on any atom is 0.309 e. The molecule has 1 aliphatic carbocycles. The first-order valence-electron chi connectivity index (χ1n) is 13.3. The Hall–Kier alpha value is -2.14. The van der Waals surface area contributed by atoms with E-state index in [0.29, 0.717) is 18.1 Å². The van der Waals surface area contributed by atoms with Crippen molar-refractivity contribution in [3.05, 3.63) is 36.0 Å². The van der Waals surface area contributed by atoms with Crippen molar-refractivity contribution in [3.8, 4) is 5.75 Å². The Morgan fingerprint density at radius 3 is 2.44 bits per heavy atom. The van der Waals surface area contributed by atoms with E-state index in [2.05, 4.69) is 56.0 Å². The molecule has 0 N–H and O–H groups in total. The average molecular weight is 467 g/mol. The molecule has 1 aromatic heterocycles. The number of rotatable bonds is 8. The first-order chi connectivity index (χ1) is 16.4. The van der Waals surface area contributed by atoms with Crippen LogP contribution >= 0.6 is 0 Å². The molecule has 2 heterocycles. The number of aromatic nitrogens is 1. The van der Waals surface area contributed by atoms with Crippen molar-refractivity contribution in [2.24, 2.45) is 17.3 Å². The minimum Gasteiger partial charge on any atom is -0.490 e. The van der Waals surface area contributed by atoms with Crippen molar-refractivity contribution in [1.29, 1.82) is 0 Å². The van der Waals surface area contributed by atoms with Crippen molar-refractivity contribution in [2.45, 2.75) is 85.3 Å². The first kappa shape index (κ1) is 25.0. The van der Waals surface area contributed by atoms with Crippen LogP contribution in [0.4, 0.5) is 0 Å². The molecule has 4 rings (SSSR count). The van der Waals surface area contributed by atoms with Crippen LogP contribution in [0.25, 0.3) is 10.9 Å². The van der Waals surface area contributed by atoms with Crippen LogP contribution in [-0.2, 0) is 16.1 Å². The minimum atomic E-state index is -0.0400. The fourth-order valence-corrected chi connectivity index (χ4v) is 5.57. The molecule has 1 aromatic carbocycles. The number of fused-ring (bicyclic) bond motifs is 1. The lowest BCUT2D eigenvalue weighted by Crippen LogP contribution is -2.36. The predicted octanol–water partition coefficient (Wildman–Crippen LogP) is 6.38. The number of carbonyl (C=O) groups is 1. The highest BCUT2D eigenvalue weighted by atomic mass is 16.5. The van der Waals surface area contributed by atoms with Gasteiger partial charge in [0.1, 0.15) is 5.75 Å². The van der Waals surface area contributed by atoms with E-state index in [0.717, 1.165) is 73.6 Å². The third kappa shape index (κ3) is 6.10. The number of hydrogen-bond donors (Lipinski definition) is 0. The van der Waals surface area contributed by atoms with Crippen LogP contribution < -0.4 is 4.74 Å². The lowest BCUT2D eigenvalue weighted by atomic mass is 9.69. The van der Waals surface area contributed by atoms with Gasteiger partial charge in [-0.1, -0.05) is 33.3 Å². The standard InChI is InChI=1S/C29H42N2O3/c1-5-29(3,4)23-8-11-25(12-9-23)34-26-13-14-27-22(19-26)7-10-24(30-27)20-31-17-15-21(16-18-31)28(32)33-6-2/h7,10,13-14,19,21,23,25H,5-6,8-9,11-12,15-18,20H2,1-4H3/t23-,25-. The SMILES string of the molecule is CCOC(=O)C1CCN(Cc2ccc3cc(O[C@H]4CC[C@H](C(C)(C)CC)CC4)ccc3n2)CC1. The van der Waals surface area contributed by atoms with Gasteiger partial charge in [-0.15, -0.1) is 0 Å². The Labute approximate surface area is 205 Å². The highest BCUT2D eigenvalue weighted by Gasteiger charge is 2.32. The van der Waals surface area contributed by atoms with Gasteiger partial charge >= 0.3 is 5.97 Å². The van der Waals surface area contributed by atoms with Gasteiger partial charge in [0.15, 0.2) is 0 Å². The number of hydrogen-bond acceptors (Lipinski definition) is 5. The smallest absolute Gasteiger partial charge is 0.309 e. The molecule has 0 unspecified atom stereocenters. The normalized spacial score (nSPS) is 22.6. The van der Waals surface area contributed by atoms with E-state index in [1.54, 1.807) is 0 Å². The zero-order valence-electron chi connectivity index (χ0n) is 21.5. The fraction of sp³-hybridized carbons (Fsp3) is 0.655. The number of ether oxygens (including phenoxy) is 2. The molecule has 1 aliphatic heterocycles. The van der Waals surface area contributed by atoms with Crippen LogP contribution in [0.2, 0.25) is 0 Å². The highest BCUT2D eigenvalue weighted by molar-refractivity contribution is 5.80. The van der Waals surface area contributed by atoms with Crippen molar-refractivity contribution in [3.63, 3.8) is 0 Å². The number of piperidine rings is 1. The van der Waals surface area contributed by atoms with Crippen LogP contribution in [-0.4, -0.2) is 41.7 Å². The summed E-state index contributed by atoms with van der Waals surface area (Å²) in [6.45, 7) is 12.1. The number of esters is 1. The van der Waals surface area contributed by atoms with Gasteiger partial charge in [0, 0.05) is 11.9 Å². The summed E-state index contributed by atoms with van der Waals surface area (Å²) in [5.41, 5.74) is 2.53. The van der Waals surface area contributed by atoms with Crippen molar-refractivity contribution >= 4 is 16.9 Å². The molecule has 5 nitrogen and oxygen atoms in total. The maximum absolute atomic E-state index is 12.0. The van der Waals surface area contributed by atoms with E-state index in [1.807, 2.05) is 6.92 Å². The monoisotopic (exact) mass is 466 g/mol. The highest BCUT2D eigenvalue weighted by Crippen LogP contribution is 2.41. The topological polar surface area (TPSA) is 51.7 Å². The minimum absolute atomic E-state index is 0.0400. The van der Waals surface area contributed by atoms with E-state index in [9.17, 15) is 4.79 Å². The lowest BCUT2D eigenvalue weighted by Gasteiger charge is -2.38. The Balaban J connectivity index is 1.30. The van der Waals surface area contributed by atoms with Crippen molar-refractivity contribution < 1.29 is 14.3 Å². The van der Waals surface area contributed by atoms with Gasteiger partial charge in [0.05, 0.1) is 29.8 Å². The second-order valence-corrected chi connectivity index (χ2v) is 10.9. The molecule has 34 heavy (non-hydrogen) atoms. The summed E-state index contributed by atoms with van der Waals surface area (Å²) >= 11 is 0. The number of nitrogens with zero attached hydrogens (tertiary/aromatic N) is 2. The molecule has 0 radical (unpaired) electrons. The summed E-state index contributed by atoms with van der Waals surface area (Å²) in [5.74, 6) is 1.78. The van der Waals surface area contributed by atoms with Gasteiger partial charge < -0.3 is 9.47 Å². The molecule has 2 fully saturated rings. The van der Waals surface area contributed by atoms with Crippen LogP contribution in [0.1, 0.15) is 78.3 Å². The molecule has 0 amide bonds. The van der Waals surface area contributed by atoms with Crippen LogP contribution in [0.3, 0.4) is 0 Å². The van der Waals surface area contributed by atoms with Gasteiger partial charge in [-0.05, 0) is 94.1 Å². The molecule has 1 saturated heterocycles. The van der Waals surface area contributed by atoms with Gasteiger partial charge in [-0.25, -0.2) is 0 Å². The third-order valence-corrected chi connectivity index (χ3v) is 8.30. The van der Waals surface area contributed by atoms with Crippen LogP contribution in [0.5, 0.6) is 5.75 Å². The summed E-state index contributed by atoms with van der Waals surface area (Å²) in [5, 5.41) is 1.13. The largest absolute Gasteiger partial charge is 0.490 e. The molecule has 0 atom stereocenters. The number of benzene rings is 1. The second kappa shape index (κ2) is 11.1. The summed E-state index contributed by atoms with van der Waals surface area (Å²) in [6, 6.07) is 10.6. The van der Waals surface area contributed by atoms with E-state index in [1.165, 1.54) is 19.3 Å². The van der Waals surface area contributed by atoms with E-state index < -0.39 is 0 Å². The van der Waals surface area contributed by atoms with Crippen LogP contribution in [0, 0.1) is 17.3 Å². The Morgan fingerprint density at radius 2 is 1.76 bits per heavy atom. The Bertz CT molecular complexity index is 957. The fourth-order valence-electron chi connectivity index (χ4n) is 5.57. The summed E-state index contributed by atoms with van der Waals surface area (Å²) in [7, 11) is 0. The molecule has 0 bridgehead atoms. The predicted molar refractivity (Wildman–Crippen MR) is 137 cm³/mol. The number of pyridine rings is 1. The molecule has 2 aliphatic rings. The van der Waals surface area contributed by atoms with Gasteiger partial charge in [-0.2, -0.15) is 0 Å². The number of carbonyl (C=O) groups excluding carboxylic acids is 1. The van der Waals surface area contributed by atoms with E-state index in [-0.39, 0.29) is 11.9 Å². The molecular formula is C29H42N2O3. The molecule has 2 aromatic rings. The van der Waals surface area contributed by atoms with Gasteiger partial charge in [0.25, 0.3) is 0 Å². The zero-order chi connectivity index (χ0) is 24.1. The van der Waals surface area contributed by atoms with Crippen molar-refractivity contribution in [2.75, 3.05) is 19.7 Å². The maximum atomic E-state index is 12.0. The first-order valence-corrected chi connectivity index (χ1v) is 13.3. The van der Waals surface area contributed by atoms with E-state index in [4.69, 9.17) is 14.5 Å². The summed E-state index contributed by atoms with van der Waals surface area (Å²) < 4.78 is 11.6. The molecule has 5 heteroatoms. The Kier molecular flexibility index (Phi) is 8.13. The van der Waals surface area contributed by atoms with Gasteiger partial charge in [-0.3, -0.25) is 14.7 Å². The number of likely N-dealkylation sites (tertiary alicyclic amines) is 1. The lowest BCUT2D eigenvalue weighted by molar-refractivity contribution is -0.149. The summed E-state index contributed by atoms with van der Waals surface area (Å²) in [6.07, 6.45) is 8.13. The third-order valence-electron chi connectivity index (χ3n) is 8.30. The van der Waals surface area contributed by atoms with E-state index >= 15 is 0 Å². The average Bonchev–Trinajstić information content (AvgIpc) is 2.85. The quantitative estimate of drug-likeness (QED) is 0.422. The second-order valence-electron chi connectivity index (χ2n) is 10.9. The molecule has 186 valence electrons.